The molecule has 3 heteroatoms. The molecule has 0 aliphatic rings. The highest BCUT2D eigenvalue weighted by Crippen LogP contribution is 2.19. The first-order chi connectivity index (χ1) is 9.29. The fourth-order valence-electron chi connectivity index (χ4n) is 1.75. The van der Waals surface area contributed by atoms with Gasteiger partial charge in [0.05, 0.1) is 0 Å². The van der Waals surface area contributed by atoms with Crippen LogP contribution >= 0.6 is 0 Å². The second-order valence-electron chi connectivity index (χ2n) is 4.31. The van der Waals surface area contributed by atoms with Gasteiger partial charge in [-0.1, -0.05) is 30.3 Å². The van der Waals surface area contributed by atoms with Gasteiger partial charge in [0.2, 0.25) is 0 Å². The van der Waals surface area contributed by atoms with Gasteiger partial charge in [-0.15, -0.1) is 0 Å². The maximum absolute atomic E-state index is 5.72. The monoisotopic (exact) mass is 257 g/mol. The molecule has 2 N–H and O–H groups in total. The van der Waals surface area contributed by atoms with E-state index in [4.69, 9.17) is 15.2 Å². The zero-order valence-corrected chi connectivity index (χ0v) is 11.1. The van der Waals surface area contributed by atoms with Crippen LogP contribution in [-0.2, 0) is 6.54 Å². The van der Waals surface area contributed by atoms with Gasteiger partial charge < -0.3 is 15.2 Å². The van der Waals surface area contributed by atoms with E-state index in [1.165, 1.54) is 0 Å². The summed E-state index contributed by atoms with van der Waals surface area (Å²) in [6, 6.07) is 15.7. The average molecular weight is 257 g/mol. The number of hydrogen-bond donors (Lipinski definition) is 1. The summed E-state index contributed by atoms with van der Waals surface area (Å²) in [7, 11) is 0. The lowest BCUT2D eigenvalue weighted by Gasteiger charge is -2.11. The Hall–Kier alpha value is -2.00. The lowest BCUT2D eigenvalue weighted by Crippen LogP contribution is -2.10. The topological polar surface area (TPSA) is 44.5 Å². The molecule has 0 radical (unpaired) electrons. The second-order valence-corrected chi connectivity index (χ2v) is 4.31. The van der Waals surface area contributed by atoms with Crippen molar-refractivity contribution in [3.05, 3.63) is 59.7 Å². The Balaban J connectivity index is 1.82. The molecule has 0 saturated carbocycles. The second kappa shape index (κ2) is 6.81. The Bertz CT molecular complexity index is 511. The van der Waals surface area contributed by atoms with Crippen LogP contribution in [0.5, 0.6) is 11.5 Å². The molecule has 2 aromatic carbocycles. The van der Waals surface area contributed by atoms with Crippen LogP contribution < -0.4 is 15.2 Å². The summed E-state index contributed by atoms with van der Waals surface area (Å²) in [5, 5.41) is 0. The van der Waals surface area contributed by atoms with E-state index >= 15 is 0 Å². The van der Waals surface area contributed by atoms with E-state index in [2.05, 4.69) is 0 Å². The molecule has 0 bridgehead atoms. The SMILES string of the molecule is Cc1ccc(CN)cc1OCCOc1ccccc1. The van der Waals surface area contributed by atoms with Crippen molar-refractivity contribution in [1.29, 1.82) is 0 Å². The maximum atomic E-state index is 5.72. The van der Waals surface area contributed by atoms with Gasteiger partial charge >= 0.3 is 0 Å². The minimum absolute atomic E-state index is 0.518. The predicted octanol–water partition coefficient (Wildman–Crippen LogP) is 2.91. The van der Waals surface area contributed by atoms with Gasteiger partial charge in [-0.2, -0.15) is 0 Å². The van der Waals surface area contributed by atoms with Crippen LogP contribution in [0.1, 0.15) is 11.1 Å². The van der Waals surface area contributed by atoms with Crippen molar-refractivity contribution in [3.8, 4) is 11.5 Å². The van der Waals surface area contributed by atoms with E-state index in [9.17, 15) is 0 Å². The molecule has 0 saturated heterocycles. The molecule has 0 aliphatic carbocycles. The van der Waals surface area contributed by atoms with Crippen molar-refractivity contribution < 1.29 is 9.47 Å². The number of benzene rings is 2. The molecule has 0 aliphatic heterocycles. The number of para-hydroxylation sites is 1. The highest BCUT2D eigenvalue weighted by Gasteiger charge is 2.01. The van der Waals surface area contributed by atoms with E-state index < -0.39 is 0 Å². The number of rotatable bonds is 6. The third-order valence-electron chi connectivity index (χ3n) is 2.84. The van der Waals surface area contributed by atoms with Gasteiger partial charge in [-0.05, 0) is 36.2 Å². The van der Waals surface area contributed by atoms with Crippen LogP contribution in [0.4, 0.5) is 0 Å². The van der Waals surface area contributed by atoms with Crippen molar-refractivity contribution >= 4 is 0 Å². The highest BCUT2D eigenvalue weighted by molar-refractivity contribution is 5.36. The third-order valence-corrected chi connectivity index (χ3v) is 2.84. The molecule has 100 valence electrons. The number of aryl methyl sites for hydroxylation is 1. The minimum Gasteiger partial charge on any atom is -0.490 e. The van der Waals surface area contributed by atoms with Crippen LogP contribution in [0.15, 0.2) is 48.5 Å². The highest BCUT2D eigenvalue weighted by atomic mass is 16.5. The van der Waals surface area contributed by atoms with Crippen LogP contribution in [0.25, 0.3) is 0 Å². The van der Waals surface area contributed by atoms with Crippen LogP contribution in [0.2, 0.25) is 0 Å². The Kier molecular flexibility index (Phi) is 4.81. The van der Waals surface area contributed by atoms with E-state index in [1.807, 2.05) is 55.5 Å². The van der Waals surface area contributed by atoms with Gasteiger partial charge in [0.15, 0.2) is 0 Å². The first-order valence-corrected chi connectivity index (χ1v) is 6.40. The fraction of sp³-hybridized carbons (Fsp3) is 0.250. The van der Waals surface area contributed by atoms with Crippen LogP contribution in [0.3, 0.4) is 0 Å². The summed E-state index contributed by atoms with van der Waals surface area (Å²) < 4.78 is 11.3. The van der Waals surface area contributed by atoms with E-state index in [0.717, 1.165) is 22.6 Å². The summed E-state index contributed by atoms with van der Waals surface area (Å²) in [6.07, 6.45) is 0. The lowest BCUT2D eigenvalue weighted by atomic mass is 10.1. The summed E-state index contributed by atoms with van der Waals surface area (Å²) in [5.74, 6) is 1.73. The zero-order valence-electron chi connectivity index (χ0n) is 11.1. The molecule has 3 nitrogen and oxygen atoms in total. The van der Waals surface area contributed by atoms with E-state index in [0.29, 0.717) is 19.8 Å². The molecule has 0 amide bonds. The fourth-order valence-corrected chi connectivity index (χ4v) is 1.75. The standard InChI is InChI=1S/C16H19NO2/c1-13-7-8-14(12-17)11-16(13)19-10-9-18-15-5-3-2-4-6-15/h2-8,11H,9-10,12,17H2,1H3. The molecule has 0 aromatic heterocycles. The van der Waals surface area contributed by atoms with E-state index in [1.54, 1.807) is 0 Å². The van der Waals surface area contributed by atoms with Crippen molar-refractivity contribution in [1.82, 2.24) is 0 Å². The molecule has 0 fully saturated rings. The maximum Gasteiger partial charge on any atom is 0.122 e. The Morgan fingerprint density at radius 3 is 2.42 bits per heavy atom. The summed E-state index contributed by atoms with van der Waals surface area (Å²) >= 11 is 0. The van der Waals surface area contributed by atoms with Crippen LogP contribution in [-0.4, -0.2) is 13.2 Å². The molecule has 0 heterocycles. The molecular weight excluding hydrogens is 238 g/mol. The molecular formula is C16H19NO2. The van der Waals surface area contributed by atoms with Gasteiger partial charge in [0.1, 0.15) is 24.7 Å². The molecule has 0 spiro atoms. The summed E-state index contributed by atoms with van der Waals surface area (Å²) in [5.41, 5.74) is 7.80. The van der Waals surface area contributed by atoms with Crippen molar-refractivity contribution in [3.63, 3.8) is 0 Å². The Morgan fingerprint density at radius 2 is 1.68 bits per heavy atom. The first kappa shape index (κ1) is 13.4. The van der Waals surface area contributed by atoms with Crippen molar-refractivity contribution in [2.24, 2.45) is 5.73 Å². The van der Waals surface area contributed by atoms with E-state index in [-0.39, 0.29) is 0 Å². The third kappa shape index (κ3) is 4.00. The molecule has 0 unspecified atom stereocenters. The van der Waals surface area contributed by atoms with Gasteiger partial charge in [-0.25, -0.2) is 0 Å². The van der Waals surface area contributed by atoms with Gasteiger partial charge in [-0.3, -0.25) is 0 Å². The number of nitrogens with two attached hydrogens (primary N) is 1. The van der Waals surface area contributed by atoms with Crippen LogP contribution in [0, 0.1) is 6.92 Å². The minimum atomic E-state index is 0.518. The number of ether oxygens (including phenoxy) is 2. The van der Waals surface area contributed by atoms with Crippen molar-refractivity contribution in [2.45, 2.75) is 13.5 Å². The molecule has 2 rings (SSSR count). The smallest absolute Gasteiger partial charge is 0.122 e. The molecule has 0 atom stereocenters. The number of hydrogen-bond acceptors (Lipinski definition) is 3. The Morgan fingerprint density at radius 1 is 0.947 bits per heavy atom. The molecule has 2 aromatic rings. The van der Waals surface area contributed by atoms with Gasteiger partial charge in [0.25, 0.3) is 0 Å². The zero-order chi connectivity index (χ0) is 13.5. The predicted molar refractivity (Wildman–Crippen MR) is 76.5 cm³/mol. The largest absolute Gasteiger partial charge is 0.490 e. The average Bonchev–Trinajstić information content (AvgIpc) is 2.46. The van der Waals surface area contributed by atoms with Gasteiger partial charge in [0, 0.05) is 6.54 Å². The normalized spacial score (nSPS) is 10.2. The lowest BCUT2D eigenvalue weighted by molar-refractivity contribution is 0.216. The quantitative estimate of drug-likeness (QED) is 0.809. The Labute approximate surface area is 114 Å². The van der Waals surface area contributed by atoms with Crippen molar-refractivity contribution in [2.75, 3.05) is 13.2 Å². The first-order valence-electron chi connectivity index (χ1n) is 6.40. The summed E-state index contributed by atoms with van der Waals surface area (Å²) in [4.78, 5) is 0. The molecule has 19 heavy (non-hydrogen) atoms. The summed E-state index contributed by atoms with van der Waals surface area (Å²) in [6.45, 7) is 3.59.